The smallest absolute Gasteiger partial charge is 0.0540 e. The topological polar surface area (TPSA) is 33.1 Å². The van der Waals surface area contributed by atoms with E-state index in [1.807, 2.05) is 19.9 Å². The van der Waals surface area contributed by atoms with Crippen molar-refractivity contribution in [2.24, 2.45) is 5.92 Å². The molecule has 1 N–H and O–H groups in total. The van der Waals surface area contributed by atoms with Crippen molar-refractivity contribution < 1.29 is 5.11 Å². The highest BCUT2D eigenvalue weighted by atomic mass is 79.9. The van der Waals surface area contributed by atoms with Crippen molar-refractivity contribution in [2.45, 2.75) is 26.4 Å². The Balaban J connectivity index is 2.69. The summed E-state index contributed by atoms with van der Waals surface area (Å²) in [7, 11) is 0. The van der Waals surface area contributed by atoms with Crippen LogP contribution in [0.25, 0.3) is 0 Å². The van der Waals surface area contributed by atoms with Crippen molar-refractivity contribution in [3.05, 3.63) is 28.5 Å². The summed E-state index contributed by atoms with van der Waals surface area (Å²) in [6.07, 6.45) is 4.17. The van der Waals surface area contributed by atoms with Crippen molar-refractivity contribution >= 4 is 15.9 Å². The number of halogens is 1. The molecule has 1 aromatic rings. The van der Waals surface area contributed by atoms with Gasteiger partial charge >= 0.3 is 0 Å². The first kappa shape index (κ1) is 10.7. The van der Waals surface area contributed by atoms with E-state index >= 15 is 0 Å². The van der Waals surface area contributed by atoms with Gasteiger partial charge in [0.1, 0.15) is 0 Å². The van der Waals surface area contributed by atoms with Gasteiger partial charge in [0.05, 0.1) is 6.10 Å². The Morgan fingerprint density at radius 3 is 2.77 bits per heavy atom. The number of hydrogen-bond donors (Lipinski definition) is 1. The molecule has 2 unspecified atom stereocenters. The summed E-state index contributed by atoms with van der Waals surface area (Å²) in [6.45, 7) is 3.86. The second-order valence-electron chi connectivity index (χ2n) is 3.39. The third kappa shape index (κ3) is 3.08. The van der Waals surface area contributed by atoms with Gasteiger partial charge < -0.3 is 5.11 Å². The van der Waals surface area contributed by atoms with Crippen molar-refractivity contribution in [1.82, 2.24) is 4.98 Å². The molecule has 0 saturated carbocycles. The second kappa shape index (κ2) is 4.72. The molecule has 0 amide bonds. The molecule has 0 bridgehead atoms. The van der Waals surface area contributed by atoms with E-state index in [9.17, 15) is 5.11 Å². The van der Waals surface area contributed by atoms with Gasteiger partial charge in [-0.25, -0.2) is 0 Å². The van der Waals surface area contributed by atoms with Crippen molar-refractivity contribution in [3.63, 3.8) is 0 Å². The number of aromatic nitrogens is 1. The molecule has 72 valence electrons. The third-order valence-corrected chi connectivity index (χ3v) is 2.94. The Kier molecular flexibility index (Phi) is 3.88. The molecule has 0 spiro atoms. The molecule has 1 heterocycles. The summed E-state index contributed by atoms with van der Waals surface area (Å²) < 4.78 is 1.02. The van der Waals surface area contributed by atoms with Gasteiger partial charge in [0, 0.05) is 16.9 Å². The summed E-state index contributed by atoms with van der Waals surface area (Å²) in [5.74, 6) is 0.277. The van der Waals surface area contributed by atoms with Gasteiger partial charge in [-0.1, -0.05) is 6.92 Å². The normalized spacial score (nSPS) is 15.4. The van der Waals surface area contributed by atoms with Crippen LogP contribution in [0.2, 0.25) is 0 Å². The van der Waals surface area contributed by atoms with Gasteiger partial charge in [0.2, 0.25) is 0 Å². The Morgan fingerprint density at radius 1 is 1.54 bits per heavy atom. The molecule has 0 aliphatic rings. The highest BCUT2D eigenvalue weighted by Crippen LogP contribution is 2.19. The van der Waals surface area contributed by atoms with Gasteiger partial charge in [-0.2, -0.15) is 0 Å². The lowest BCUT2D eigenvalue weighted by molar-refractivity contribution is 0.135. The summed E-state index contributed by atoms with van der Waals surface area (Å²) in [5.41, 5.74) is 1.20. The van der Waals surface area contributed by atoms with Crippen LogP contribution in [0.3, 0.4) is 0 Å². The van der Waals surface area contributed by atoms with E-state index in [2.05, 4.69) is 20.9 Å². The number of hydrogen-bond acceptors (Lipinski definition) is 2. The lowest BCUT2D eigenvalue weighted by Gasteiger charge is -2.14. The summed E-state index contributed by atoms with van der Waals surface area (Å²) >= 11 is 3.43. The molecule has 2 nitrogen and oxygen atoms in total. The molecular weight excluding hydrogens is 230 g/mol. The van der Waals surface area contributed by atoms with E-state index in [0.717, 1.165) is 10.9 Å². The molecule has 0 radical (unpaired) electrons. The molecule has 0 fully saturated rings. The van der Waals surface area contributed by atoms with Gasteiger partial charge in [-0.15, -0.1) is 0 Å². The van der Waals surface area contributed by atoms with Gasteiger partial charge in [-0.3, -0.25) is 4.98 Å². The van der Waals surface area contributed by atoms with Crippen LogP contribution in [0.1, 0.15) is 19.4 Å². The van der Waals surface area contributed by atoms with Gasteiger partial charge in [0.25, 0.3) is 0 Å². The lowest BCUT2D eigenvalue weighted by Crippen LogP contribution is -2.15. The van der Waals surface area contributed by atoms with Crippen LogP contribution >= 0.6 is 15.9 Å². The molecule has 0 aliphatic heterocycles. The first-order chi connectivity index (χ1) is 6.11. The average Bonchev–Trinajstić information content (AvgIpc) is 2.08. The minimum Gasteiger partial charge on any atom is -0.393 e. The molecule has 0 aliphatic carbocycles. The fourth-order valence-electron chi connectivity index (χ4n) is 1.09. The van der Waals surface area contributed by atoms with Crippen LogP contribution < -0.4 is 0 Å². The zero-order chi connectivity index (χ0) is 9.84. The molecule has 1 rings (SSSR count). The average molecular weight is 244 g/mol. The number of nitrogens with zero attached hydrogens (tertiary/aromatic N) is 1. The van der Waals surface area contributed by atoms with Gasteiger partial charge in [-0.05, 0) is 46.8 Å². The molecule has 0 aromatic carbocycles. The Labute approximate surface area is 87.1 Å². The number of pyridine rings is 1. The first-order valence-electron chi connectivity index (χ1n) is 4.37. The molecule has 1 aromatic heterocycles. The van der Waals surface area contributed by atoms with E-state index in [1.165, 1.54) is 5.56 Å². The predicted octanol–water partition coefficient (Wildman–Crippen LogP) is 2.40. The van der Waals surface area contributed by atoms with E-state index in [0.29, 0.717) is 0 Å². The maximum absolute atomic E-state index is 9.34. The fraction of sp³-hybridized carbons (Fsp3) is 0.500. The highest BCUT2D eigenvalue weighted by molar-refractivity contribution is 9.10. The molecule has 3 heteroatoms. The van der Waals surface area contributed by atoms with E-state index in [-0.39, 0.29) is 12.0 Å². The molecular formula is C10H14BrNO. The molecule has 13 heavy (non-hydrogen) atoms. The van der Waals surface area contributed by atoms with Crippen molar-refractivity contribution in [3.8, 4) is 0 Å². The van der Waals surface area contributed by atoms with E-state index < -0.39 is 0 Å². The monoisotopic (exact) mass is 243 g/mol. The van der Waals surface area contributed by atoms with Crippen LogP contribution in [-0.4, -0.2) is 16.2 Å². The first-order valence-corrected chi connectivity index (χ1v) is 5.17. The van der Waals surface area contributed by atoms with Crippen LogP contribution in [0.15, 0.2) is 22.9 Å². The van der Waals surface area contributed by atoms with E-state index in [1.54, 1.807) is 12.4 Å². The summed E-state index contributed by atoms with van der Waals surface area (Å²) in [5, 5.41) is 9.34. The third-order valence-electron chi connectivity index (χ3n) is 2.22. The highest BCUT2D eigenvalue weighted by Gasteiger charge is 2.10. The lowest BCUT2D eigenvalue weighted by atomic mass is 9.98. The van der Waals surface area contributed by atoms with Crippen LogP contribution in [0.4, 0.5) is 0 Å². The molecule has 0 saturated heterocycles. The fourth-order valence-corrected chi connectivity index (χ4v) is 1.50. The Morgan fingerprint density at radius 2 is 2.23 bits per heavy atom. The van der Waals surface area contributed by atoms with Crippen LogP contribution in [-0.2, 0) is 6.42 Å². The Bertz CT molecular complexity index is 275. The molecule has 2 atom stereocenters. The number of aliphatic hydroxyl groups is 1. The SMILES string of the molecule is CC(O)C(C)Cc1ccncc1Br. The minimum atomic E-state index is -0.264. The van der Waals surface area contributed by atoms with Gasteiger partial charge in [0.15, 0.2) is 0 Å². The van der Waals surface area contributed by atoms with Crippen LogP contribution in [0, 0.1) is 5.92 Å². The quantitative estimate of drug-likeness (QED) is 0.885. The largest absolute Gasteiger partial charge is 0.393 e. The van der Waals surface area contributed by atoms with Crippen molar-refractivity contribution in [2.75, 3.05) is 0 Å². The maximum atomic E-state index is 9.34. The second-order valence-corrected chi connectivity index (χ2v) is 4.24. The predicted molar refractivity (Wildman–Crippen MR) is 56.5 cm³/mol. The Hall–Kier alpha value is -0.410. The van der Waals surface area contributed by atoms with Crippen LogP contribution in [0.5, 0.6) is 0 Å². The van der Waals surface area contributed by atoms with E-state index in [4.69, 9.17) is 0 Å². The standard InChI is InChI=1S/C10H14BrNO/c1-7(8(2)13)5-9-3-4-12-6-10(9)11/h3-4,6-8,13H,5H2,1-2H3. The number of rotatable bonds is 3. The maximum Gasteiger partial charge on any atom is 0.0540 e. The zero-order valence-corrected chi connectivity index (χ0v) is 9.45. The zero-order valence-electron chi connectivity index (χ0n) is 7.87. The number of aliphatic hydroxyl groups excluding tert-OH is 1. The summed E-state index contributed by atoms with van der Waals surface area (Å²) in [6, 6.07) is 1.98. The minimum absolute atomic E-state index is 0.264. The van der Waals surface area contributed by atoms with Crippen molar-refractivity contribution in [1.29, 1.82) is 0 Å². The summed E-state index contributed by atoms with van der Waals surface area (Å²) in [4.78, 5) is 3.99.